The SMILES string of the molecule is CNCc1c(-c2ccc3c(c2)CCCC3)c(C)nn1C. The first-order valence-corrected chi connectivity index (χ1v) is 7.50. The van der Waals surface area contributed by atoms with Crippen LogP contribution in [0.4, 0.5) is 0 Å². The Balaban J connectivity index is 2.08. The van der Waals surface area contributed by atoms with Crippen molar-refractivity contribution in [2.75, 3.05) is 7.05 Å². The maximum atomic E-state index is 4.59. The van der Waals surface area contributed by atoms with E-state index in [4.69, 9.17) is 0 Å². The summed E-state index contributed by atoms with van der Waals surface area (Å²) in [5.41, 5.74) is 8.08. The second-order valence-corrected chi connectivity index (χ2v) is 5.75. The van der Waals surface area contributed by atoms with Gasteiger partial charge in [-0.25, -0.2) is 0 Å². The van der Waals surface area contributed by atoms with Crippen LogP contribution in [0.2, 0.25) is 0 Å². The van der Waals surface area contributed by atoms with E-state index in [9.17, 15) is 0 Å². The standard InChI is InChI=1S/C17H23N3/c1-12-17(16(11-18-2)20(3)19-12)15-9-8-13-6-4-5-7-14(13)10-15/h8-10,18H,4-7,11H2,1-3H3. The molecule has 1 aromatic carbocycles. The molecule has 0 atom stereocenters. The zero-order valence-corrected chi connectivity index (χ0v) is 12.7. The van der Waals surface area contributed by atoms with Gasteiger partial charge in [-0.2, -0.15) is 5.10 Å². The molecule has 106 valence electrons. The molecule has 0 aliphatic heterocycles. The van der Waals surface area contributed by atoms with Crippen LogP contribution in [0.5, 0.6) is 0 Å². The van der Waals surface area contributed by atoms with Gasteiger partial charge < -0.3 is 5.32 Å². The zero-order chi connectivity index (χ0) is 14.1. The van der Waals surface area contributed by atoms with Gasteiger partial charge in [-0.05, 0) is 56.3 Å². The smallest absolute Gasteiger partial charge is 0.0675 e. The van der Waals surface area contributed by atoms with Crippen LogP contribution < -0.4 is 5.32 Å². The molecular formula is C17H23N3. The Kier molecular flexibility index (Phi) is 3.62. The van der Waals surface area contributed by atoms with Crippen molar-refractivity contribution < 1.29 is 0 Å². The van der Waals surface area contributed by atoms with E-state index in [1.165, 1.54) is 53.6 Å². The molecule has 0 radical (unpaired) electrons. The predicted octanol–water partition coefficient (Wildman–Crippen LogP) is 2.99. The first-order chi connectivity index (χ1) is 9.70. The Bertz CT molecular complexity index is 625. The van der Waals surface area contributed by atoms with Gasteiger partial charge in [0.05, 0.1) is 11.4 Å². The summed E-state index contributed by atoms with van der Waals surface area (Å²) in [7, 11) is 4.01. The van der Waals surface area contributed by atoms with E-state index >= 15 is 0 Å². The van der Waals surface area contributed by atoms with Crippen LogP contribution >= 0.6 is 0 Å². The lowest BCUT2D eigenvalue weighted by Gasteiger charge is -2.17. The summed E-state index contributed by atoms with van der Waals surface area (Å²) < 4.78 is 2.00. The Hall–Kier alpha value is -1.61. The number of nitrogens with zero attached hydrogens (tertiary/aromatic N) is 2. The van der Waals surface area contributed by atoms with Gasteiger partial charge in [0.25, 0.3) is 0 Å². The van der Waals surface area contributed by atoms with Crippen LogP contribution in [0.1, 0.15) is 35.4 Å². The summed E-state index contributed by atoms with van der Waals surface area (Å²) in [4.78, 5) is 0. The molecule has 0 amide bonds. The highest BCUT2D eigenvalue weighted by molar-refractivity contribution is 5.70. The molecule has 0 bridgehead atoms. The van der Waals surface area contributed by atoms with Crippen LogP contribution in [0.25, 0.3) is 11.1 Å². The van der Waals surface area contributed by atoms with Crippen LogP contribution in [0, 0.1) is 6.92 Å². The summed E-state index contributed by atoms with van der Waals surface area (Å²) >= 11 is 0. The lowest BCUT2D eigenvalue weighted by Crippen LogP contribution is -2.11. The number of benzene rings is 1. The summed E-state index contributed by atoms with van der Waals surface area (Å²) in [6, 6.07) is 6.98. The van der Waals surface area contributed by atoms with Gasteiger partial charge in [-0.1, -0.05) is 18.2 Å². The van der Waals surface area contributed by atoms with Gasteiger partial charge in [-0.3, -0.25) is 4.68 Å². The van der Waals surface area contributed by atoms with Gasteiger partial charge in [-0.15, -0.1) is 0 Å². The minimum Gasteiger partial charge on any atom is -0.314 e. The number of nitrogens with one attached hydrogen (secondary N) is 1. The van der Waals surface area contributed by atoms with Crippen LogP contribution in [0.15, 0.2) is 18.2 Å². The molecule has 0 spiro atoms. The molecule has 0 saturated heterocycles. The third-order valence-corrected chi connectivity index (χ3v) is 4.32. The molecule has 2 aromatic rings. The van der Waals surface area contributed by atoms with E-state index in [-0.39, 0.29) is 0 Å². The van der Waals surface area contributed by atoms with E-state index < -0.39 is 0 Å². The lowest BCUT2D eigenvalue weighted by atomic mass is 9.88. The van der Waals surface area contributed by atoms with Gasteiger partial charge in [0.1, 0.15) is 0 Å². The molecule has 20 heavy (non-hydrogen) atoms. The highest BCUT2D eigenvalue weighted by atomic mass is 15.3. The van der Waals surface area contributed by atoms with E-state index in [2.05, 4.69) is 35.5 Å². The molecule has 1 N–H and O–H groups in total. The minimum absolute atomic E-state index is 0.851. The van der Waals surface area contributed by atoms with Crippen molar-refractivity contribution in [3.8, 4) is 11.1 Å². The van der Waals surface area contributed by atoms with Crippen molar-refractivity contribution in [2.24, 2.45) is 7.05 Å². The van der Waals surface area contributed by atoms with Crippen LogP contribution in [-0.4, -0.2) is 16.8 Å². The van der Waals surface area contributed by atoms with Gasteiger partial charge in [0, 0.05) is 19.2 Å². The van der Waals surface area contributed by atoms with Crippen LogP contribution in [-0.2, 0) is 26.4 Å². The molecule has 3 nitrogen and oxygen atoms in total. The maximum Gasteiger partial charge on any atom is 0.0675 e. The molecule has 0 unspecified atom stereocenters. The number of aromatic nitrogens is 2. The number of hydrogen-bond acceptors (Lipinski definition) is 2. The summed E-state index contributed by atoms with van der Waals surface area (Å²) in [5.74, 6) is 0. The summed E-state index contributed by atoms with van der Waals surface area (Å²) in [5, 5.41) is 7.84. The van der Waals surface area contributed by atoms with E-state index in [1.807, 2.05) is 18.8 Å². The molecule has 1 aliphatic carbocycles. The normalized spacial score (nSPS) is 14.3. The van der Waals surface area contributed by atoms with E-state index in [0.717, 1.165) is 12.2 Å². The van der Waals surface area contributed by atoms with E-state index in [0.29, 0.717) is 0 Å². The lowest BCUT2D eigenvalue weighted by molar-refractivity contribution is 0.669. The molecule has 1 aromatic heterocycles. The summed E-state index contributed by atoms with van der Waals surface area (Å²) in [6.07, 6.45) is 5.13. The number of aryl methyl sites for hydroxylation is 4. The average Bonchev–Trinajstić information content (AvgIpc) is 2.73. The Morgan fingerprint density at radius 2 is 1.95 bits per heavy atom. The Morgan fingerprint density at radius 3 is 2.70 bits per heavy atom. The summed E-state index contributed by atoms with van der Waals surface area (Å²) in [6.45, 7) is 2.96. The van der Waals surface area contributed by atoms with Crippen LogP contribution in [0.3, 0.4) is 0 Å². The maximum absolute atomic E-state index is 4.59. The number of rotatable bonds is 3. The van der Waals surface area contributed by atoms with Crippen molar-refractivity contribution in [1.29, 1.82) is 0 Å². The molecular weight excluding hydrogens is 246 g/mol. The first kappa shape index (κ1) is 13.4. The quantitative estimate of drug-likeness (QED) is 0.928. The Morgan fingerprint density at radius 1 is 1.20 bits per heavy atom. The average molecular weight is 269 g/mol. The third kappa shape index (κ3) is 2.27. The topological polar surface area (TPSA) is 29.9 Å². The highest BCUT2D eigenvalue weighted by Crippen LogP contribution is 2.31. The Labute approximate surface area is 121 Å². The first-order valence-electron chi connectivity index (χ1n) is 7.50. The fourth-order valence-corrected chi connectivity index (χ4v) is 3.34. The fourth-order valence-electron chi connectivity index (χ4n) is 3.34. The van der Waals surface area contributed by atoms with Gasteiger partial charge in [0.2, 0.25) is 0 Å². The monoisotopic (exact) mass is 269 g/mol. The van der Waals surface area contributed by atoms with Crippen molar-refractivity contribution in [1.82, 2.24) is 15.1 Å². The zero-order valence-electron chi connectivity index (χ0n) is 12.7. The molecule has 1 aliphatic rings. The minimum atomic E-state index is 0.851. The fraction of sp³-hybridized carbons (Fsp3) is 0.471. The van der Waals surface area contributed by atoms with Crippen molar-refractivity contribution in [3.05, 3.63) is 40.7 Å². The number of fused-ring (bicyclic) bond motifs is 1. The van der Waals surface area contributed by atoms with Gasteiger partial charge >= 0.3 is 0 Å². The largest absolute Gasteiger partial charge is 0.314 e. The van der Waals surface area contributed by atoms with Gasteiger partial charge in [0.15, 0.2) is 0 Å². The molecule has 1 heterocycles. The van der Waals surface area contributed by atoms with E-state index in [1.54, 1.807) is 0 Å². The molecule has 3 heteroatoms. The third-order valence-electron chi connectivity index (χ3n) is 4.32. The molecule has 3 rings (SSSR count). The molecule has 0 saturated carbocycles. The molecule has 0 fully saturated rings. The highest BCUT2D eigenvalue weighted by Gasteiger charge is 2.16. The van der Waals surface area contributed by atoms with Crippen molar-refractivity contribution >= 4 is 0 Å². The second-order valence-electron chi connectivity index (χ2n) is 5.75. The predicted molar refractivity (Wildman–Crippen MR) is 82.8 cm³/mol. The van der Waals surface area contributed by atoms with Crippen molar-refractivity contribution in [2.45, 2.75) is 39.2 Å². The number of hydrogen-bond donors (Lipinski definition) is 1. The van der Waals surface area contributed by atoms with Crippen molar-refractivity contribution in [3.63, 3.8) is 0 Å². The second kappa shape index (κ2) is 5.41.